The fourth-order valence-electron chi connectivity index (χ4n) is 3.01. The second-order valence-corrected chi connectivity index (χ2v) is 5.69. The third-order valence-corrected chi connectivity index (χ3v) is 4.20. The molecule has 0 aromatic heterocycles. The SMILES string of the molecule is O=C(NCCC1CCCN1)C1COc2ccccc2C1. The van der Waals surface area contributed by atoms with Gasteiger partial charge in [0.05, 0.1) is 5.92 Å². The van der Waals surface area contributed by atoms with Crippen molar-refractivity contribution in [1.29, 1.82) is 0 Å². The summed E-state index contributed by atoms with van der Waals surface area (Å²) < 4.78 is 5.66. The van der Waals surface area contributed by atoms with Crippen LogP contribution >= 0.6 is 0 Å². The fraction of sp³-hybridized carbons (Fsp3) is 0.562. The third kappa shape index (κ3) is 3.12. The molecule has 2 aliphatic heterocycles. The maximum absolute atomic E-state index is 12.2. The number of para-hydroxylation sites is 1. The van der Waals surface area contributed by atoms with Gasteiger partial charge in [0.2, 0.25) is 5.91 Å². The number of ether oxygens (including phenoxy) is 1. The molecule has 1 fully saturated rings. The Morgan fingerprint density at radius 3 is 3.15 bits per heavy atom. The van der Waals surface area contributed by atoms with Crippen molar-refractivity contribution in [2.45, 2.75) is 31.7 Å². The standard InChI is InChI=1S/C16H22N2O2/c19-16(18-9-7-14-5-3-8-17-14)13-10-12-4-1-2-6-15(12)20-11-13/h1-2,4,6,13-14,17H,3,5,7-11H2,(H,18,19). The predicted octanol–water partition coefficient (Wildman–Crippen LogP) is 1.50. The van der Waals surface area contributed by atoms with Crippen molar-refractivity contribution < 1.29 is 9.53 Å². The zero-order valence-corrected chi connectivity index (χ0v) is 11.7. The van der Waals surface area contributed by atoms with E-state index < -0.39 is 0 Å². The van der Waals surface area contributed by atoms with Gasteiger partial charge in [0, 0.05) is 12.6 Å². The summed E-state index contributed by atoms with van der Waals surface area (Å²) in [4.78, 5) is 12.2. The Morgan fingerprint density at radius 2 is 2.30 bits per heavy atom. The summed E-state index contributed by atoms with van der Waals surface area (Å²) in [7, 11) is 0. The van der Waals surface area contributed by atoms with Gasteiger partial charge in [0.1, 0.15) is 12.4 Å². The van der Waals surface area contributed by atoms with Crippen LogP contribution in [-0.4, -0.2) is 31.6 Å². The van der Waals surface area contributed by atoms with Gasteiger partial charge in [0.15, 0.2) is 0 Å². The van der Waals surface area contributed by atoms with Gasteiger partial charge in [-0.1, -0.05) is 18.2 Å². The molecule has 4 nitrogen and oxygen atoms in total. The molecule has 0 bridgehead atoms. The van der Waals surface area contributed by atoms with Crippen molar-refractivity contribution >= 4 is 5.91 Å². The molecular formula is C16H22N2O2. The van der Waals surface area contributed by atoms with Crippen LogP contribution in [0.4, 0.5) is 0 Å². The van der Waals surface area contributed by atoms with Gasteiger partial charge in [-0.2, -0.15) is 0 Å². The first-order valence-electron chi connectivity index (χ1n) is 7.55. The average Bonchev–Trinajstić information content (AvgIpc) is 3.00. The van der Waals surface area contributed by atoms with E-state index in [-0.39, 0.29) is 11.8 Å². The monoisotopic (exact) mass is 274 g/mol. The van der Waals surface area contributed by atoms with Crippen molar-refractivity contribution in [3.8, 4) is 5.75 Å². The first-order chi connectivity index (χ1) is 9.83. The number of carbonyl (C=O) groups is 1. The largest absolute Gasteiger partial charge is 0.492 e. The summed E-state index contributed by atoms with van der Waals surface area (Å²) in [6.07, 6.45) is 4.29. The molecule has 1 aromatic carbocycles. The molecule has 1 saturated heterocycles. The van der Waals surface area contributed by atoms with Gasteiger partial charge >= 0.3 is 0 Å². The number of amides is 1. The van der Waals surface area contributed by atoms with Crippen LogP contribution in [0.1, 0.15) is 24.8 Å². The van der Waals surface area contributed by atoms with Crippen LogP contribution in [0.15, 0.2) is 24.3 Å². The van der Waals surface area contributed by atoms with Crippen molar-refractivity contribution in [3.63, 3.8) is 0 Å². The van der Waals surface area contributed by atoms with E-state index in [1.807, 2.05) is 24.3 Å². The first kappa shape index (κ1) is 13.4. The van der Waals surface area contributed by atoms with Crippen molar-refractivity contribution in [2.24, 2.45) is 5.92 Å². The van der Waals surface area contributed by atoms with Gasteiger partial charge in [-0.3, -0.25) is 4.79 Å². The zero-order valence-electron chi connectivity index (χ0n) is 11.7. The van der Waals surface area contributed by atoms with E-state index in [1.165, 1.54) is 12.8 Å². The van der Waals surface area contributed by atoms with Crippen LogP contribution < -0.4 is 15.4 Å². The van der Waals surface area contributed by atoms with E-state index in [0.717, 1.165) is 37.2 Å². The van der Waals surface area contributed by atoms with Crippen LogP contribution in [0.3, 0.4) is 0 Å². The Balaban J connectivity index is 1.46. The van der Waals surface area contributed by atoms with Gasteiger partial charge in [-0.25, -0.2) is 0 Å². The lowest BCUT2D eigenvalue weighted by atomic mass is 9.96. The minimum atomic E-state index is -0.0542. The van der Waals surface area contributed by atoms with Crippen molar-refractivity contribution in [2.75, 3.05) is 19.7 Å². The smallest absolute Gasteiger partial charge is 0.226 e. The number of hydrogen-bond donors (Lipinski definition) is 2. The highest BCUT2D eigenvalue weighted by atomic mass is 16.5. The van der Waals surface area contributed by atoms with Crippen LogP contribution in [-0.2, 0) is 11.2 Å². The van der Waals surface area contributed by atoms with Gasteiger partial charge in [0.25, 0.3) is 0 Å². The number of benzene rings is 1. The molecule has 2 atom stereocenters. The lowest BCUT2D eigenvalue weighted by Crippen LogP contribution is -2.39. The molecular weight excluding hydrogens is 252 g/mol. The minimum Gasteiger partial charge on any atom is -0.492 e. The van der Waals surface area contributed by atoms with Crippen LogP contribution in [0.2, 0.25) is 0 Å². The van der Waals surface area contributed by atoms with Crippen LogP contribution in [0.25, 0.3) is 0 Å². The zero-order chi connectivity index (χ0) is 13.8. The quantitative estimate of drug-likeness (QED) is 0.875. The van der Waals surface area contributed by atoms with E-state index in [1.54, 1.807) is 0 Å². The highest BCUT2D eigenvalue weighted by molar-refractivity contribution is 5.79. The molecule has 0 spiro atoms. The molecule has 0 saturated carbocycles. The Kier molecular flexibility index (Phi) is 4.21. The maximum atomic E-state index is 12.2. The van der Waals surface area contributed by atoms with E-state index in [0.29, 0.717) is 12.6 Å². The second-order valence-electron chi connectivity index (χ2n) is 5.69. The van der Waals surface area contributed by atoms with Crippen molar-refractivity contribution in [3.05, 3.63) is 29.8 Å². The van der Waals surface area contributed by atoms with Crippen LogP contribution in [0, 0.1) is 5.92 Å². The molecule has 0 radical (unpaired) electrons. The second kappa shape index (κ2) is 6.27. The van der Waals surface area contributed by atoms with Crippen LogP contribution in [0.5, 0.6) is 5.75 Å². The Labute approximate surface area is 119 Å². The summed E-state index contributed by atoms with van der Waals surface area (Å²) in [5.41, 5.74) is 1.14. The molecule has 1 aromatic rings. The number of nitrogens with one attached hydrogen (secondary N) is 2. The highest BCUT2D eigenvalue weighted by Crippen LogP contribution is 2.26. The number of rotatable bonds is 4. The summed E-state index contributed by atoms with van der Waals surface area (Å²) in [6.45, 7) is 2.37. The molecule has 2 aliphatic rings. The number of hydrogen-bond acceptors (Lipinski definition) is 3. The third-order valence-electron chi connectivity index (χ3n) is 4.20. The molecule has 2 unspecified atom stereocenters. The molecule has 3 rings (SSSR count). The normalized spacial score (nSPS) is 24.8. The Bertz CT molecular complexity index is 469. The summed E-state index contributed by atoms with van der Waals surface area (Å²) in [6, 6.07) is 8.55. The number of fused-ring (bicyclic) bond motifs is 1. The van der Waals surface area contributed by atoms with E-state index in [9.17, 15) is 4.79 Å². The highest BCUT2D eigenvalue weighted by Gasteiger charge is 2.25. The fourth-order valence-corrected chi connectivity index (χ4v) is 3.01. The molecule has 108 valence electrons. The lowest BCUT2D eigenvalue weighted by molar-refractivity contribution is -0.126. The molecule has 2 N–H and O–H groups in total. The molecule has 2 heterocycles. The summed E-state index contributed by atoms with van der Waals surface area (Å²) in [5, 5.41) is 6.50. The van der Waals surface area contributed by atoms with Gasteiger partial charge < -0.3 is 15.4 Å². The predicted molar refractivity (Wildman–Crippen MR) is 77.8 cm³/mol. The maximum Gasteiger partial charge on any atom is 0.226 e. The topological polar surface area (TPSA) is 50.4 Å². The van der Waals surface area contributed by atoms with Gasteiger partial charge in [-0.05, 0) is 43.9 Å². The molecule has 4 heteroatoms. The van der Waals surface area contributed by atoms with Crippen molar-refractivity contribution in [1.82, 2.24) is 10.6 Å². The van der Waals surface area contributed by atoms with E-state index in [2.05, 4.69) is 10.6 Å². The lowest BCUT2D eigenvalue weighted by Gasteiger charge is -2.24. The van der Waals surface area contributed by atoms with Gasteiger partial charge in [-0.15, -0.1) is 0 Å². The molecule has 20 heavy (non-hydrogen) atoms. The molecule has 1 amide bonds. The van der Waals surface area contributed by atoms with E-state index >= 15 is 0 Å². The summed E-state index contributed by atoms with van der Waals surface area (Å²) >= 11 is 0. The Morgan fingerprint density at radius 1 is 1.40 bits per heavy atom. The number of carbonyl (C=O) groups excluding carboxylic acids is 1. The Hall–Kier alpha value is -1.55. The molecule has 0 aliphatic carbocycles. The summed E-state index contributed by atoms with van der Waals surface area (Å²) in [5.74, 6) is 0.991. The minimum absolute atomic E-state index is 0.0542. The average molecular weight is 274 g/mol. The first-order valence-corrected chi connectivity index (χ1v) is 7.55. The van der Waals surface area contributed by atoms with E-state index in [4.69, 9.17) is 4.74 Å².